The van der Waals surface area contributed by atoms with Gasteiger partial charge in [0.15, 0.2) is 0 Å². The van der Waals surface area contributed by atoms with E-state index in [2.05, 4.69) is 67.8 Å². The van der Waals surface area contributed by atoms with E-state index in [0.29, 0.717) is 17.4 Å². The quantitative estimate of drug-likeness (QED) is 0.0275. The molecular weight excluding hydrogens is 732 g/mol. The highest BCUT2D eigenvalue weighted by Gasteiger charge is 2.23. The summed E-state index contributed by atoms with van der Waals surface area (Å²) in [5.74, 6) is -0.222. The van der Waals surface area contributed by atoms with E-state index in [9.17, 15) is 19.4 Å². The third kappa shape index (κ3) is 42.1. The summed E-state index contributed by atoms with van der Waals surface area (Å²) in [4.78, 5) is 25.3. The molecule has 0 aromatic heterocycles. The Morgan fingerprint density at radius 1 is 0.614 bits per heavy atom. The maximum absolute atomic E-state index is 12.9. The summed E-state index contributed by atoms with van der Waals surface area (Å²) >= 11 is 0. The Kier molecular flexibility index (Phi) is 38.4. The Morgan fingerprint density at radius 3 is 1.54 bits per heavy atom. The Balaban J connectivity index is 4.50. The molecule has 9 heteroatoms. The fourth-order valence-corrected chi connectivity index (χ4v) is 6.94. The molecule has 57 heavy (non-hydrogen) atoms. The monoisotopic (exact) mass is 821 g/mol. The number of aliphatic hydroxyl groups is 1. The number of carbonyl (C=O) groups excluding carboxylic acids is 1. The van der Waals surface area contributed by atoms with E-state index in [1.807, 2.05) is 27.2 Å². The van der Waals surface area contributed by atoms with E-state index in [4.69, 9.17) is 9.05 Å². The van der Waals surface area contributed by atoms with E-state index < -0.39 is 26.6 Å². The van der Waals surface area contributed by atoms with Crippen molar-refractivity contribution in [2.45, 2.75) is 199 Å². The third-order valence-corrected chi connectivity index (χ3v) is 10.9. The van der Waals surface area contributed by atoms with Crippen LogP contribution in [0.2, 0.25) is 0 Å². The van der Waals surface area contributed by atoms with Gasteiger partial charge in [-0.15, -0.1) is 0 Å². The normalized spacial score (nSPS) is 14.9. The van der Waals surface area contributed by atoms with E-state index >= 15 is 0 Å². The zero-order valence-electron chi connectivity index (χ0n) is 37.5. The van der Waals surface area contributed by atoms with Crippen molar-refractivity contribution in [2.24, 2.45) is 0 Å². The number of rotatable bonds is 41. The van der Waals surface area contributed by atoms with Crippen LogP contribution >= 0.6 is 7.82 Å². The van der Waals surface area contributed by atoms with Gasteiger partial charge in [-0.2, -0.15) is 0 Å². The first-order valence-electron chi connectivity index (χ1n) is 23.2. The van der Waals surface area contributed by atoms with Crippen LogP contribution in [0.4, 0.5) is 0 Å². The fraction of sp³-hybridized carbons (Fsp3) is 0.771. The van der Waals surface area contributed by atoms with Crippen LogP contribution in [0.3, 0.4) is 0 Å². The number of nitrogens with zero attached hydrogens (tertiary/aromatic N) is 1. The van der Waals surface area contributed by atoms with Gasteiger partial charge in [0.1, 0.15) is 13.2 Å². The molecule has 0 rings (SSSR count). The van der Waals surface area contributed by atoms with Gasteiger partial charge >= 0.3 is 0 Å². The summed E-state index contributed by atoms with van der Waals surface area (Å²) in [6.07, 6.45) is 51.2. The molecule has 0 spiro atoms. The van der Waals surface area contributed by atoms with Crippen LogP contribution < -0.4 is 10.2 Å². The van der Waals surface area contributed by atoms with Crippen LogP contribution in [0.15, 0.2) is 60.8 Å². The van der Waals surface area contributed by atoms with Crippen LogP contribution in [-0.2, 0) is 18.4 Å². The number of hydrogen-bond donors (Lipinski definition) is 2. The molecule has 0 fully saturated rings. The van der Waals surface area contributed by atoms with Crippen LogP contribution in [0, 0.1) is 0 Å². The lowest BCUT2D eigenvalue weighted by Crippen LogP contribution is -2.45. The Morgan fingerprint density at radius 2 is 1.04 bits per heavy atom. The molecule has 3 unspecified atom stereocenters. The average molecular weight is 821 g/mol. The van der Waals surface area contributed by atoms with Crippen molar-refractivity contribution in [1.29, 1.82) is 0 Å². The number of carbonyl (C=O) groups is 1. The molecule has 2 N–H and O–H groups in total. The molecular formula is C48H89N2O6P. The van der Waals surface area contributed by atoms with Crippen LogP contribution in [0.25, 0.3) is 0 Å². The first kappa shape index (κ1) is 55.2. The van der Waals surface area contributed by atoms with Crippen molar-refractivity contribution in [3.8, 4) is 0 Å². The average Bonchev–Trinajstić information content (AvgIpc) is 3.16. The van der Waals surface area contributed by atoms with Crippen LogP contribution in [0.1, 0.15) is 187 Å². The SMILES string of the molecule is CCCCCC/C=C\C/C=C\CCCCCCCCCC(=O)NC(COP(=O)([O-])OCC[N+](C)(C)C)C(O)/C=C/CC/C=C/CC/C=C/CCCCCCCCC. The molecule has 8 nitrogen and oxygen atoms in total. The number of hydrogen-bond acceptors (Lipinski definition) is 6. The van der Waals surface area contributed by atoms with Gasteiger partial charge in [0, 0.05) is 6.42 Å². The predicted octanol–water partition coefficient (Wildman–Crippen LogP) is 12.4. The number of likely N-dealkylation sites (N-methyl/N-ethyl adjacent to an activating group) is 1. The first-order valence-corrected chi connectivity index (χ1v) is 24.6. The smallest absolute Gasteiger partial charge is 0.268 e. The molecule has 0 aliphatic heterocycles. The van der Waals surface area contributed by atoms with E-state index in [1.165, 1.54) is 103 Å². The van der Waals surface area contributed by atoms with Crippen LogP contribution in [-0.4, -0.2) is 68.5 Å². The standard InChI is InChI=1S/C48H89N2O6P/c1-6-8-10-12-14-16-18-20-22-24-26-28-30-32-34-36-38-40-42-48(52)49-46(45-56-57(53,54)55-44-43-50(3,4)5)47(51)41-39-37-35-33-31-29-27-25-23-21-19-17-15-13-11-9-7-2/h16,18,22-25,31,33,39,41,46-47,51H,6-15,17,19-21,26-30,32,34-38,40,42-45H2,1-5H3,(H-,49,52,53,54)/b18-16-,24-22-,25-23+,33-31+,41-39+. The van der Waals surface area contributed by atoms with Gasteiger partial charge in [-0.05, 0) is 77.0 Å². The highest BCUT2D eigenvalue weighted by Crippen LogP contribution is 2.38. The predicted molar refractivity (Wildman–Crippen MR) is 242 cm³/mol. The highest BCUT2D eigenvalue weighted by molar-refractivity contribution is 7.45. The molecule has 3 atom stereocenters. The maximum atomic E-state index is 12.9. The molecule has 332 valence electrons. The third-order valence-electron chi connectivity index (χ3n) is 9.93. The molecule has 0 bridgehead atoms. The van der Waals surface area contributed by atoms with Gasteiger partial charge in [0.25, 0.3) is 7.82 Å². The number of phosphoric acid groups is 1. The number of aliphatic hydroxyl groups excluding tert-OH is 1. The summed E-state index contributed by atoms with van der Waals surface area (Å²) in [5, 5.41) is 13.8. The van der Waals surface area contributed by atoms with Gasteiger partial charge in [-0.3, -0.25) is 9.36 Å². The van der Waals surface area contributed by atoms with Crippen molar-refractivity contribution in [2.75, 3.05) is 40.9 Å². The molecule has 0 saturated heterocycles. The van der Waals surface area contributed by atoms with Crippen LogP contribution in [0.5, 0.6) is 0 Å². The van der Waals surface area contributed by atoms with Gasteiger partial charge in [0.05, 0.1) is 39.9 Å². The van der Waals surface area contributed by atoms with Crippen molar-refractivity contribution < 1.29 is 32.9 Å². The number of nitrogens with one attached hydrogen (secondary N) is 1. The highest BCUT2D eigenvalue weighted by atomic mass is 31.2. The van der Waals surface area contributed by atoms with Gasteiger partial charge in [-0.1, -0.05) is 164 Å². The maximum Gasteiger partial charge on any atom is 0.268 e. The molecule has 0 heterocycles. The molecule has 0 radical (unpaired) electrons. The lowest BCUT2D eigenvalue weighted by molar-refractivity contribution is -0.870. The lowest BCUT2D eigenvalue weighted by Gasteiger charge is -2.29. The number of quaternary nitrogens is 1. The summed E-state index contributed by atoms with van der Waals surface area (Å²) in [6, 6.07) is -0.915. The second-order valence-electron chi connectivity index (χ2n) is 16.7. The summed E-state index contributed by atoms with van der Waals surface area (Å²) in [6.45, 7) is 4.58. The zero-order chi connectivity index (χ0) is 42.1. The largest absolute Gasteiger partial charge is 0.756 e. The summed E-state index contributed by atoms with van der Waals surface area (Å²) in [5.41, 5.74) is 0. The van der Waals surface area contributed by atoms with Crippen molar-refractivity contribution in [3.63, 3.8) is 0 Å². The van der Waals surface area contributed by atoms with Gasteiger partial charge in [0.2, 0.25) is 5.91 Å². The zero-order valence-corrected chi connectivity index (χ0v) is 38.4. The molecule has 0 aliphatic rings. The first-order chi connectivity index (χ1) is 27.5. The lowest BCUT2D eigenvalue weighted by atomic mass is 10.1. The molecule has 0 aromatic rings. The minimum atomic E-state index is -4.60. The van der Waals surface area contributed by atoms with E-state index in [0.717, 1.165) is 64.2 Å². The molecule has 0 saturated carbocycles. The second kappa shape index (κ2) is 39.6. The summed E-state index contributed by atoms with van der Waals surface area (Å²) < 4.78 is 23.2. The van der Waals surface area contributed by atoms with Crippen molar-refractivity contribution in [3.05, 3.63) is 60.8 Å². The number of allylic oxidation sites excluding steroid dienone is 9. The summed E-state index contributed by atoms with van der Waals surface area (Å²) in [7, 11) is 1.22. The molecule has 0 aromatic carbocycles. The minimum absolute atomic E-state index is 0.0129. The molecule has 1 amide bonds. The second-order valence-corrected chi connectivity index (χ2v) is 18.1. The number of unbranched alkanes of at least 4 members (excludes halogenated alkanes) is 20. The van der Waals surface area contributed by atoms with E-state index in [1.54, 1.807) is 6.08 Å². The van der Waals surface area contributed by atoms with Crippen molar-refractivity contribution >= 4 is 13.7 Å². The Hall–Kier alpha value is -1.80. The van der Waals surface area contributed by atoms with Gasteiger partial charge in [-0.25, -0.2) is 0 Å². The number of amides is 1. The topological polar surface area (TPSA) is 108 Å². The number of phosphoric ester groups is 1. The minimum Gasteiger partial charge on any atom is -0.756 e. The Bertz CT molecular complexity index is 1110. The molecule has 0 aliphatic carbocycles. The van der Waals surface area contributed by atoms with Crippen molar-refractivity contribution in [1.82, 2.24) is 5.32 Å². The van der Waals surface area contributed by atoms with Gasteiger partial charge < -0.3 is 28.8 Å². The van der Waals surface area contributed by atoms with E-state index in [-0.39, 0.29) is 12.5 Å². The Labute approximate surface area is 351 Å². The fourth-order valence-electron chi connectivity index (χ4n) is 6.21.